The van der Waals surface area contributed by atoms with Gasteiger partial charge in [-0.1, -0.05) is 48.9 Å². The Hall–Kier alpha value is -2.27. The molecule has 0 bridgehead atoms. The van der Waals surface area contributed by atoms with Crippen molar-refractivity contribution >= 4 is 23.6 Å². The number of aryl methyl sites for hydroxylation is 4. The van der Waals surface area contributed by atoms with Gasteiger partial charge in [0.1, 0.15) is 6.04 Å². The summed E-state index contributed by atoms with van der Waals surface area (Å²) in [6.45, 7) is 7.79. The molecule has 0 aliphatic rings. The van der Waals surface area contributed by atoms with Crippen LogP contribution in [-0.2, 0) is 28.8 Å². The smallest absolute Gasteiger partial charge is 0.328 e. The van der Waals surface area contributed by atoms with Gasteiger partial charge in [-0.2, -0.15) is 11.8 Å². The molecule has 2 aromatic rings. The first-order valence-corrected chi connectivity index (χ1v) is 12.4. The van der Waals surface area contributed by atoms with Gasteiger partial charge in [0, 0.05) is 5.56 Å². The number of nitrogens with one attached hydrogen (secondary N) is 1. The van der Waals surface area contributed by atoms with Crippen LogP contribution < -0.4 is 5.32 Å². The third kappa shape index (κ3) is 8.06. The summed E-state index contributed by atoms with van der Waals surface area (Å²) in [7, 11) is 0. The number of thioether (sulfide) groups is 1. The number of carbonyl (C=O) groups excluding carboxylic acids is 2. The van der Waals surface area contributed by atoms with Gasteiger partial charge in [0.05, 0.1) is 6.10 Å². The molecular formula is C26H35NO3S. The average Bonchev–Trinajstić information content (AvgIpc) is 2.75. The predicted octanol–water partition coefficient (Wildman–Crippen LogP) is 5.15. The van der Waals surface area contributed by atoms with E-state index in [1.54, 1.807) is 11.8 Å². The molecule has 0 unspecified atom stereocenters. The molecule has 5 heteroatoms. The molecule has 0 heterocycles. The highest BCUT2D eigenvalue weighted by atomic mass is 32.2. The molecule has 0 saturated carbocycles. The summed E-state index contributed by atoms with van der Waals surface area (Å²) in [5.41, 5.74) is 5.24. The van der Waals surface area contributed by atoms with Gasteiger partial charge in [-0.05, 0) is 81.2 Å². The molecule has 1 atom stereocenters. The van der Waals surface area contributed by atoms with Crippen molar-refractivity contribution in [3.05, 3.63) is 70.3 Å². The summed E-state index contributed by atoms with van der Waals surface area (Å²) >= 11 is 1.65. The first-order valence-electron chi connectivity index (χ1n) is 11.0. The number of hydrogen-bond donors (Lipinski definition) is 1. The molecule has 0 aliphatic carbocycles. The van der Waals surface area contributed by atoms with Gasteiger partial charge < -0.3 is 10.1 Å². The van der Waals surface area contributed by atoms with Gasteiger partial charge in [0.15, 0.2) is 0 Å². The van der Waals surface area contributed by atoms with Crippen LogP contribution in [0.3, 0.4) is 0 Å². The van der Waals surface area contributed by atoms with E-state index in [4.69, 9.17) is 4.74 Å². The number of esters is 1. The lowest BCUT2D eigenvalue weighted by Crippen LogP contribution is -2.43. The SMILES string of the molecule is CCc1ccc(CCc2ccc(C)cc2)c(C(=O)N[C@@H](CCSC)C(=O)OC(C)C)c1. The van der Waals surface area contributed by atoms with Crippen LogP contribution in [0.25, 0.3) is 0 Å². The molecule has 2 aromatic carbocycles. The minimum Gasteiger partial charge on any atom is -0.461 e. The maximum atomic E-state index is 13.2. The zero-order valence-corrected chi connectivity index (χ0v) is 20.2. The van der Waals surface area contributed by atoms with Crippen LogP contribution in [-0.4, -0.2) is 36.0 Å². The molecule has 1 amide bonds. The Morgan fingerprint density at radius 1 is 1.03 bits per heavy atom. The fourth-order valence-electron chi connectivity index (χ4n) is 3.34. The highest BCUT2D eigenvalue weighted by molar-refractivity contribution is 7.98. The molecule has 0 saturated heterocycles. The highest BCUT2D eigenvalue weighted by Gasteiger charge is 2.24. The van der Waals surface area contributed by atoms with Gasteiger partial charge in [0.25, 0.3) is 5.91 Å². The monoisotopic (exact) mass is 441 g/mol. The van der Waals surface area contributed by atoms with E-state index in [2.05, 4.69) is 49.5 Å². The Bertz CT molecular complexity index is 861. The highest BCUT2D eigenvalue weighted by Crippen LogP contribution is 2.17. The van der Waals surface area contributed by atoms with Crippen molar-refractivity contribution in [2.75, 3.05) is 12.0 Å². The second kappa shape index (κ2) is 12.6. The Morgan fingerprint density at radius 3 is 2.32 bits per heavy atom. The van der Waals surface area contributed by atoms with Gasteiger partial charge >= 0.3 is 5.97 Å². The topological polar surface area (TPSA) is 55.4 Å². The van der Waals surface area contributed by atoms with Crippen LogP contribution in [0.1, 0.15) is 59.8 Å². The van der Waals surface area contributed by atoms with Crippen LogP contribution in [0.2, 0.25) is 0 Å². The number of carbonyl (C=O) groups is 2. The van der Waals surface area contributed by atoms with Crippen molar-refractivity contribution in [3.63, 3.8) is 0 Å². The normalized spacial score (nSPS) is 11.9. The Morgan fingerprint density at radius 2 is 1.71 bits per heavy atom. The van der Waals surface area contributed by atoms with Gasteiger partial charge in [-0.25, -0.2) is 4.79 Å². The summed E-state index contributed by atoms with van der Waals surface area (Å²) in [4.78, 5) is 25.8. The quantitative estimate of drug-likeness (QED) is 0.490. The summed E-state index contributed by atoms with van der Waals surface area (Å²) in [5, 5.41) is 2.94. The first kappa shape index (κ1) is 25.0. The van der Waals surface area contributed by atoms with E-state index < -0.39 is 6.04 Å². The zero-order chi connectivity index (χ0) is 22.8. The molecule has 0 radical (unpaired) electrons. The van der Waals surface area contributed by atoms with E-state index >= 15 is 0 Å². The van der Waals surface area contributed by atoms with E-state index in [0.29, 0.717) is 12.0 Å². The maximum Gasteiger partial charge on any atom is 0.328 e. The van der Waals surface area contributed by atoms with E-state index in [0.717, 1.165) is 36.1 Å². The van der Waals surface area contributed by atoms with Crippen LogP contribution in [0.4, 0.5) is 0 Å². The van der Waals surface area contributed by atoms with Crippen LogP contribution in [0.5, 0.6) is 0 Å². The maximum absolute atomic E-state index is 13.2. The van der Waals surface area contributed by atoms with Crippen molar-refractivity contribution in [1.29, 1.82) is 0 Å². The largest absolute Gasteiger partial charge is 0.461 e. The molecule has 0 spiro atoms. The van der Waals surface area contributed by atoms with Gasteiger partial charge in [0.2, 0.25) is 0 Å². The Kier molecular flexibility index (Phi) is 10.1. The van der Waals surface area contributed by atoms with E-state index in [1.165, 1.54) is 11.1 Å². The third-order valence-corrected chi connectivity index (χ3v) is 5.83. The molecule has 1 N–H and O–H groups in total. The van der Waals surface area contributed by atoms with E-state index in [1.807, 2.05) is 32.2 Å². The van der Waals surface area contributed by atoms with Crippen molar-refractivity contribution in [2.24, 2.45) is 0 Å². The molecule has 2 rings (SSSR count). The van der Waals surface area contributed by atoms with Crippen LogP contribution in [0.15, 0.2) is 42.5 Å². The molecule has 0 fully saturated rings. The summed E-state index contributed by atoms with van der Waals surface area (Å²) < 4.78 is 5.37. The standard InChI is InChI=1S/C26H35NO3S/c1-6-20-11-13-22(14-12-21-9-7-19(4)8-10-21)23(17-20)25(28)27-24(15-16-31-5)26(29)30-18(2)3/h7-11,13,17-18,24H,6,12,14-16H2,1-5H3,(H,27,28)/t24-/m0/s1. The number of rotatable bonds is 11. The van der Waals surface area contributed by atoms with Gasteiger partial charge in [-0.15, -0.1) is 0 Å². The number of ether oxygens (including phenoxy) is 1. The minimum absolute atomic E-state index is 0.207. The lowest BCUT2D eigenvalue weighted by molar-refractivity contribution is -0.149. The second-order valence-corrected chi connectivity index (χ2v) is 9.11. The molecule has 4 nitrogen and oxygen atoms in total. The molecule has 0 aromatic heterocycles. The van der Waals surface area contributed by atoms with E-state index in [9.17, 15) is 9.59 Å². The van der Waals surface area contributed by atoms with Crippen LogP contribution >= 0.6 is 11.8 Å². The van der Waals surface area contributed by atoms with Crippen LogP contribution in [0, 0.1) is 6.92 Å². The molecule has 31 heavy (non-hydrogen) atoms. The Balaban J connectivity index is 2.20. The number of amides is 1. The zero-order valence-electron chi connectivity index (χ0n) is 19.4. The lowest BCUT2D eigenvalue weighted by Gasteiger charge is -2.20. The first-order chi connectivity index (χ1) is 14.8. The van der Waals surface area contributed by atoms with E-state index in [-0.39, 0.29) is 18.0 Å². The fourth-order valence-corrected chi connectivity index (χ4v) is 3.81. The minimum atomic E-state index is -0.641. The van der Waals surface area contributed by atoms with Crippen molar-refractivity contribution in [3.8, 4) is 0 Å². The van der Waals surface area contributed by atoms with Crippen molar-refractivity contribution in [2.45, 2.75) is 65.5 Å². The van der Waals surface area contributed by atoms with Gasteiger partial charge in [-0.3, -0.25) is 4.79 Å². The lowest BCUT2D eigenvalue weighted by atomic mass is 9.96. The summed E-state index contributed by atoms with van der Waals surface area (Å²) in [5.74, 6) is 0.194. The second-order valence-electron chi connectivity index (χ2n) is 8.12. The molecular weight excluding hydrogens is 406 g/mol. The third-order valence-electron chi connectivity index (χ3n) is 5.18. The Labute approximate surface area is 191 Å². The fraction of sp³-hybridized carbons (Fsp3) is 0.462. The average molecular weight is 442 g/mol. The summed E-state index contributed by atoms with van der Waals surface area (Å²) in [6, 6.07) is 13.9. The number of hydrogen-bond acceptors (Lipinski definition) is 4. The predicted molar refractivity (Wildman–Crippen MR) is 130 cm³/mol. The van der Waals surface area contributed by atoms with Crippen molar-refractivity contribution < 1.29 is 14.3 Å². The molecule has 168 valence electrons. The van der Waals surface area contributed by atoms with Crippen molar-refractivity contribution in [1.82, 2.24) is 5.32 Å². The number of benzene rings is 2. The summed E-state index contributed by atoms with van der Waals surface area (Å²) in [6.07, 6.45) is 4.79. The molecule has 0 aliphatic heterocycles.